The largest absolute Gasteiger partial charge is 0.465 e. The Labute approximate surface area is 226 Å². The van der Waals surface area contributed by atoms with E-state index in [-0.39, 0.29) is 11.1 Å². The fraction of sp³-hybridized carbons (Fsp3) is 0.259. The van der Waals surface area contributed by atoms with Gasteiger partial charge in [0.25, 0.3) is 17.1 Å². The lowest BCUT2D eigenvalue weighted by Gasteiger charge is -2.32. The van der Waals surface area contributed by atoms with E-state index in [0.717, 1.165) is 12.3 Å². The van der Waals surface area contributed by atoms with Crippen LogP contribution in [0.2, 0.25) is 0 Å². The summed E-state index contributed by atoms with van der Waals surface area (Å²) in [5.74, 6) is -3.68. The van der Waals surface area contributed by atoms with Crippen molar-refractivity contribution < 1.29 is 42.1 Å². The highest BCUT2D eigenvalue weighted by Crippen LogP contribution is 2.25. The van der Waals surface area contributed by atoms with Crippen molar-refractivity contribution in [2.75, 3.05) is 7.11 Å². The van der Waals surface area contributed by atoms with Crippen LogP contribution in [0.1, 0.15) is 21.5 Å². The van der Waals surface area contributed by atoms with Crippen molar-refractivity contribution in [3.63, 3.8) is 0 Å². The first-order chi connectivity index (χ1) is 18.9. The molecule has 1 aromatic heterocycles. The number of esters is 2. The van der Waals surface area contributed by atoms with Gasteiger partial charge in [0.05, 0.1) is 18.7 Å². The number of aliphatic hydroxyl groups excluding tert-OH is 1. The lowest BCUT2D eigenvalue weighted by molar-refractivity contribution is -0.212. The third-order valence-electron chi connectivity index (χ3n) is 5.91. The van der Waals surface area contributed by atoms with Crippen LogP contribution in [0.3, 0.4) is 0 Å². The van der Waals surface area contributed by atoms with Gasteiger partial charge in [-0.25, -0.2) is 9.59 Å². The highest BCUT2D eigenvalue weighted by atomic mass is 19.4. The molecule has 0 radical (unpaired) electrons. The van der Waals surface area contributed by atoms with Gasteiger partial charge in [-0.2, -0.15) is 13.2 Å². The number of rotatable bonds is 10. The highest BCUT2D eigenvalue weighted by molar-refractivity contribution is 6.04. The molecule has 0 aliphatic carbocycles. The SMILES string of the molecule is COC(=O)c1cccc(COC(=O)C(N)(C(=O)NC(Cc2ccccc2)C(O)C(F)(F)F)n2ccccc2=O)c1. The number of ether oxygens (including phenoxy) is 2. The quantitative estimate of drug-likeness (QED) is 0.250. The average Bonchev–Trinajstić information content (AvgIpc) is 2.94. The zero-order chi connectivity index (χ0) is 29.5. The molecule has 13 heteroatoms. The van der Waals surface area contributed by atoms with E-state index in [1.54, 1.807) is 18.2 Å². The predicted octanol–water partition coefficient (Wildman–Crippen LogP) is 1.64. The van der Waals surface area contributed by atoms with E-state index in [1.807, 2.05) is 5.32 Å². The summed E-state index contributed by atoms with van der Waals surface area (Å²) in [5.41, 5.74) is 3.02. The highest BCUT2D eigenvalue weighted by Gasteiger charge is 2.50. The van der Waals surface area contributed by atoms with Crippen molar-refractivity contribution in [2.24, 2.45) is 5.73 Å². The van der Waals surface area contributed by atoms with Gasteiger partial charge in [0.1, 0.15) is 6.61 Å². The normalized spacial score (nSPS) is 14.3. The number of amides is 1. The fourth-order valence-electron chi connectivity index (χ4n) is 3.80. The van der Waals surface area contributed by atoms with Crippen LogP contribution in [-0.2, 0) is 37.8 Å². The van der Waals surface area contributed by atoms with Gasteiger partial charge in [0, 0.05) is 12.3 Å². The standard InChI is InChI=1S/C27H26F3N3O7/c1-39-23(36)19-11-7-10-18(14-19)16-40-25(38)26(31,33-13-6-5-12-21(33)34)24(37)32-20(22(35)27(28,29)30)15-17-8-3-2-4-9-17/h2-14,20,22,35H,15-16,31H2,1H3,(H,32,37). The Balaban J connectivity index is 1.95. The summed E-state index contributed by atoms with van der Waals surface area (Å²) in [6.45, 7) is -0.518. The second-order valence-electron chi connectivity index (χ2n) is 8.70. The van der Waals surface area contributed by atoms with E-state index in [2.05, 4.69) is 4.74 Å². The molecule has 0 spiro atoms. The predicted molar refractivity (Wildman–Crippen MR) is 135 cm³/mol. The van der Waals surface area contributed by atoms with Crippen LogP contribution < -0.4 is 16.6 Å². The Morgan fingerprint density at radius 3 is 2.27 bits per heavy atom. The Morgan fingerprint density at radius 1 is 1.00 bits per heavy atom. The van der Waals surface area contributed by atoms with E-state index in [9.17, 15) is 37.5 Å². The van der Waals surface area contributed by atoms with Crippen LogP contribution >= 0.6 is 0 Å². The third kappa shape index (κ3) is 6.93. The molecular weight excluding hydrogens is 535 g/mol. The maximum atomic E-state index is 13.5. The molecular formula is C27H26F3N3O7. The number of carbonyl (C=O) groups excluding carboxylic acids is 3. The Morgan fingerprint density at radius 2 is 1.65 bits per heavy atom. The number of nitrogens with one attached hydrogen (secondary N) is 1. The molecule has 1 heterocycles. The first kappa shape index (κ1) is 30.1. The maximum absolute atomic E-state index is 13.5. The fourth-order valence-corrected chi connectivity index (χ4v) is 3.80. The number of hydrogen-bond acceptors (Lipinski definition) is 8. The minimum atomic E-state index is -5.14. The maximum Gasteiger partial charge on any atom is 0.416 e. The van der Waals surface area contributed by atoms with Crippen molar-refractivity contribution in [1.29, 1.82) is 0 Å². The first-order valence-corrected chi connectivity index (χ1v) is 11.8. The number of methoxy groups -OCH3 is 1. The van der Waals surface area contributed by atoms with Crippen LogP contribution in [0.5, 0.6) is 0 Å². The smallest absolute Gasteiger partial charge is 0.416 e. The lowest BCUT2D eigenvalue weighted by Crippen LogP contribution is -2.66. The van der Waals surface area contributed by atoms with Crippen LogP contribution in [0.15, 0.2) is 83.8 Å². The summed E-state index contributed by atoms with van der Waals surface area (Å²) in [6.07, 6.45) is -7.67. The van der Waals surface area contributed by atoms with Gasteiger partial charge >= 0.3 is 18.1 Å². The summed E-state index contributed by atoms with van der Waals surface area (Å²) in [7, 11) is 1.18. The number of carbonyl (C=O) groups is 3. The van der Waals surface area contributed by atoms with Gasteiger partial charge in [-0.15, -0.1) is 0 Å². The number of aromatic nitrogens is 1. The van der Waals surface area contributed by atoms with Crippen LogP contribution in [0.25, 0.3) is 0 Å². The zero-order valence-corrected chi connectivity index (χ0v) is 21.1. The van der Waals surface area contributed by atoms with Gasteiger partial charge in [-0.1, -0.05) is 48.5 Å². The molecule has 0 aliphatic heterocycles. The molecule has 40 heavy (non-hydrogen) atoms. The van der Waals surface area contributed by atoms with Crippen molar-refractivity contribution in [3.8, 4) is 0 Å². The molecule has 1 amide bonds. The minimum absolute atomic E-state index is 0.136. The Kier molecular flexibility index (Phi) is 9.45. The average molecular weight is 562 g/mol. The zero-order valence-electron chi connectivity index (χ0n) is 21.1. The molecule has 0 aliphatic rings. The molecule has 0 saturated heterocycles. The molecule has 3 unspecified atom stereocenters. The second kappa shape index (κ2) is 12.6. The molecule has 4 N–H and O–H groups in total. The molecule has 10 nitrogen and oxygen atoms in total. The molecule has 3 aromatic rings. The number of benzene rings is 2. The Bertz CT molecular complexity index is 1410. The number of alkyl halides is 3. The lowest BCUT2D eigenvalue weighted by atomic mass is 9.99. The summed E-state index contributed by atoms with van der Waals surface area (Å²) in [6, 6.07) is 15.0. The summed E-state index contributed by atoms with van der Waals surface area (Å²) in [5, 5.41) is 12.0. The molecule has 0 fully saturated rings. The molecule has 0 bridgehead atoms. The number of nitrogens with two attached hydrogens (primary N) is 1. The van der Waals surface area contributed by atoms with Crippen LogP contribution in [0.4, 0.5) is 13.2 Å². The van der Waals surface area contributed by atoms with Crippen molar-refractivity contribution in [2.45, 2.75) is 37.0 Å². The van der Waals surface area contributed by atoms with Gasteiger partial charge in [0.2, 0.25) is 0 Å². The topological polar surface area (TPSA) is 150 Å². The van der Waals surface area contributed by atoms with E-state index in [4.69, 9.17) is 10.5 Å². The van der Waals surface area contributed by atoms with E-state index in [0.29, 0.717) is 10.1 Å². The first-order valence-electron chi connectivity index (χ1n) is 11.8. The number of aliphatic hydroxyl groups is 1. The van der Waals surface area contributed by atoms with Gasteiger partial charge in [0.15, 0.2) is 6.10 Å². The van der Waals surface area contributed by atoms with E-state index < -0.39 is 60.4 Å². The van der Waals surface area contributed by atoms with Crippen LogP contribution in [-0.4, -0.2) is 53.0 Å². The third-order valence-corrected chi connectivity index (χ3v) is 5.91. The number of pyridine rings is 1. The molecule has 3 atom stereocenters. The minimum Gasteiger partial charge on any atom is -0.465 e. The molecule has 2 aromatic carbocycles. The summed E-state index contributed by atoms with van der Waals surface area (Å²) < 4.78 is 50.9. The Hall–Kier alpha value is -4.49. The van der Waals surface area contributed by atoms with E-state index >= 15 is 0 Å². The van der Waals surface area contributed by atoms with Gasteiger partial charge in [-0.05, 0) is 35.7 Å². The van der Waals surface area contributed by atoms with Crippen molar-refractivity contribution in [1.82, 2.24) is 9.88 Å². The molecule has 212 valence electrons. The number of halogens is 3. The van der Waals surface area contributed by atoms with Crippen molar-refractivity contribution >= 4 is 17.8 Å². The monoisotopic (exact) mass is 561 g/mol. The molecule has 3 rings (SSSR count). The number of hydrogen-bond donors (Lipinski definition) is 3. The number of nitrogens with zero attached hydrogens (tertiary/aromatic N) is 1. The van der Waals surface area contributed by atoms with Crippen LogP contribution in [0, 0.1) is 0 Å². The molecule has 0 saturated carbocycles. The second-order valence-corrected chi connectivity index (χ2v) is 8.70. The van der Waals surface area contributed by atoms with Gasteiger partial charge < -0.3 is 19.9 Å². The van der Waals surface area contributed by atoms with E-state index in [1.165, 1.54) is 55.6 Å². The van der Waals surface area contributed by atoms with Gasteiger partial charge in [-0.3, -0.25) is 19.9 Å². The summed E-state index contributed by atoms with van der Waals surface area (Å²) >= 11 is 0. The summed E-state index contributed by atoms with van der Waals surface area (Å²) in [4.78, 5) is 51.1. The van der Waals surface area contributed by atoms with Crippen molar-refractivity contribution in [3.05, 3.63) is 106 Å².